The minimum Gasteiger partial charge on any atom is -0.457 e. The van der Waals surface area contributed by atoms with Crippen molar-refractivity contribution in [3.8, 4) is 11.5 Å². The highest BCUT2D eigenvalue weighted by Crippen LogP contribution is 2.29. The number of esters is 1. The highest BCUT2D eigenvalue weighted by molar-refractivity contribution is 6.30. The van der Waals surface area contributed by atoms with E-state index in [0.717, 1.165) is 11.3 Å². The van der Waals surface area contributed by atoms with E-state index in [2.05, 4.69) is 5.32 Å². The summed E-state index contributed by atoms with van der Waals surface area (Å²) in [6, 6.07) is 21.4. The summed E-state index contributed by atoms with van der Waals surface area (Å²) in [5.41, 5.74) is 2.35. The van der Waals surface area contributed by atoms with Gasteiger partial charge in [-0.1, -0.05) is 29.3 Å². The molecule has 1 heterocycles. The molecular weight excluding hydrogens is 456 g/mol. The first kappa shape index (κ1) is 23.3. The van der Waals surface area contributed by atoms with Crippen LogP contribution in [0.4, 0.5) is 11.4 Å². The fourth-order valence-electron chi connectivity index (χ4n) is 3.54. The number of nitrogens with zero attached hydrogens (tertiary/aromatic N) is 1. The highest BCUT2D eigenvalue weighted by atomic mass is 35.5. The first-order chi connectivity index (χ1) is 16.4. The Morgan fingerprint density at radius 1 is 0.971 bits per heavy atom. The van der Waals surface area contributed by atoms with Crippen molar-refractivity contribution in [3.63, 3.8) is 0 Å². The van der Waals surface area contributed by atoms with Crippen molar-refractivity contribution in [1.82, 2.24) is 0 Å². The third-order valence-electron chi connectivity index (χ3n) is 5.34. The third kappa shape index (κ3) is 5.94. The molecule has 0 bridgehead atoms. The van der Waals surface area contributed by atoms with Crippen LogP contribution in [0.25, 0.3) is 0 Å². The number of amides is 2. The van der Waals surface area contributed by atoms with E-state index in [1.807, 2.05) is 31.2 Å². The Kier molecular flexibility index (Phi) is 7.13. The fourth-order valence-corrected chi connectivity index (χ4v) is 3.66. The molecule has 1 saturated heterocycles. The summed E-state index contributed by atoms with van der Waals surface area (Å²) >= 11 is 5.82. The summed E-state index contributed by atoms with van der Waals surface area (Å²) < 4.78 is 11.0. The number of anilines is 2. The van der Waals surface area contributed by atoms with Crippen LogP contribution >= 0.6 is 11.6 Å². The van der Waals surface area contributed by atoms with Crippen LogP contribution in [-0.2, 0) is 19.1 Å². The quantitative estimate of drug-likeness (QED) is 0.484. The molecule has 0 aliphatic carbocycles. The first-order valence-corrected chi connectivity index (χ1v) is 11.1. The van der Waals surface area contributed by atoms with Crippen LogP contribution in [-0.4, -0.2) is 30.9 Å². The van der Waals surface area contributed by atoms with Gasteiger partial charge < -0.3 is 19.7 Å². The SMILES string of the molecule is Cc1ccc(Oc2ccc(N3C[C@@H](C(=O)OCC(=O)Nc4ccc(Cl)cc4)CC3=O)cc2)cc1. The molecule has 0 spiro atoms. The highest BCUT2D eigenvalue weighted by Gasteiger charge is 2.36. The maximum Gasteiger partial charge on any atom is 0.311 e. The van der Waals surface area contributed by atoms with Gasteiger partial charge in [-0.15, -0.1) is 0 Å². The topological polar surface area (TPSA) is 84.9 Å². The van der Waals surface area contributed by atoms with Crippen molar-refractivity contribution in [1.29, 1.82) is 0 Å². The van der Waals surface area contributed by atoms with Gasteiger partial charge in [0.05, 0.1) is 5.92 Å². The summed E-state index contributed by atoms with van der Waals surface area (Å²) in [6.45, 7) is 1.76. The lowest BCUT2D eigenvalue weighted by Crippen LogP contribution is -2.28. The van der Waals surface area contributed by atoms with Gasteiger partial charge in [0.25, 0.3) is 5.91 Å². The molecule has 1 N–H and O–H groups in total. The molecule has 8 heteroatoms. The summed E-state index contributed by atoms with van der Waals surface area (Å²) in [4.78, 5) is 38.5. The molecular formula is C26H23ClN2O5. The van der Waals surface area contributed by atoms with Gasteiger partial charge in [0.1, 0.15) is 11.5 Å². The molecule has 0 saturated carbocycles. The van der Waals surface area contributed by atoms with Gasteiger partial charge in [0, 0.05) is 29.4 Å². The second-order valence-corrected chi connectivity index (χ2v) is 8.41. The number of ether oxygens (including phenoxy) is 2. The zero-order valence-corrected chi connectivity index (χ0v) is 19.2. The van der Waals surface area contributed by atoms with Crippen LogP contribution in [0.15, 0.2) is 72.8 Å². The van der Waals surface area contributed by atoms with Gasteiger partial charge in [-0.3, -0.25) is 14.4 Å². The minimum atomic E-state index is -0.640. The van der Waals surface area contributed by atoms with Gasteiger partial charge in [-0.25, -0.2) is 0 Å². The number of nitrogens with one attached hydrogen (secondary N) is 1. The molecule has 0 radical (unpaired) electrons. The number of aryl methyl sites for hydroxylation is 1. The van der Waals surface area contributed by atoms with Gasteiger partial charge in [0.15, 0.2) is 6.61 Å². The van der Waals surface area contributed by atoms with E-state index < -0.39 is 24.4 Å². The molecule has 0 aromatic heterocycles. The van der Waals surface area contributed by atoms with E-state index in [9.17, 15) is 14.4 Å². The van der Waals surface area contributed by atoms with Gasteiger partial charge >= 0.3 is 5.97 Å². The standard InChI is InChI=1S/C26H23ClN2O5/c1-17-2-10-22(11-3-17)34-23-12-8-21(9-13-23)29-15-18(14-25(29)31)26(32)33-16-24(30)28-20-6-4-19(27)5-7-20/h2-13,18H,14-16H2,1H3,(H,28,30)/t18-/m0/s1. The number of benzene rings is 3. The number of carbonyl (C=O) groups is 3. The smallest absolute Gasteiger partial charge is 0.311 e. The number of hydrogen-bond donors (Lipinski definition) is 1. The second kappa shape index (κ2) is 10.4. The molecule has 1 aliphatic rings. The van der Waals surface area contributed by atoms with E-state index in [0.29, 0.717) is 22.1 Å². The van der Waals surface area contributed by atoms with Crippen LogP contribution in [0, 0.1) is 12.8 Å². The third-order valence-corrected chi connectivity index (χ3v) is 5.59. The Morgan fingerprint density at radius 2 is 1.59 bits per heavy atom. The van der Waals surface area contributed by atoms with Crippen LogP contribution in [0.1, 0.15) is 12.0 Å². The maximum absolute atomic E-state index is 12.5. The Morgan fingerprint density at radius 3 is 2.24 bits per heavy atom. The van der Waals surface area contributed by atoms with E-state index in [1.54, 1.807) is 48.5 Å². The molecule has 2 amide bonds. The maximum atomic E-state index is 12.5. The van der Waals surface area contributed by atoms with Gasteiger partial charge in [0.2, 0.25) is 5.91 Å². The molecule has 174 valence electrons. The number of carbonyl (C=O) groups excluding carboxylic acids is 3. The van der Waals surface area contributed by atoms with Gasteiger partial charge in [-0.2, -0.15) is 0 Å². The van der Waals surface area contributed by atoms with E-state index in [-0.39, 0.29) is 18.9 Å². The summed E-state index contributed by atoms with van der Waals surface area (Å²) in [5.74, 6) is -0.512. The number of halogens is 1. The largest absolute Gasteiger partial charge is 0.457 e. The molecule has 1 fully saturated rings. The van der Waals surface area contributed by atoms with Crippen molar-refractivity contribution in [2.24, 2.45) is 5.92 Å². The summed E-state index contributed by atoms with van der Waals surface area (Å²) in [7, 11) is 0. The minimum absolute atomic E-state index is 0.0270. The zero-order chi connectivity index (χ0) is 24.1. The lowest BCUT2D eigenvalue weighted by Gasteiger charge is -2.17. The Labute approximate surface area is 202 Å². The molecule has 0 unspecified atom stereocenters. The lowest BCUT2D eigenvalue weighted by molar-refractivity contribution is -0.151. The normalized spacial score (nSPS) is 15.2. The molecule has 7 nitrogen and oxygen atoms in total. The average Bonchev–Trinajstić information content (AvgIpc) is 3.23. The monoisotopic (exact) mass is 478 g/mol. The molecule has 1 atom stereocenters. The van der Waals surface area contributed by atoms with Crippen LogP contribution in [0.2, 0.25) is 5.02 Å². The lowest BCUT2D eigenvalue weighted by atomic mass is 10.1. The number of rotatable bonds is 7. The first-order valence-electron chi connectivity index (χ1n) is 10.7. The van der Waals surface area contributed by atoms with Crippen LogP contribution in [0.5, 0.6) is 11.5 Å². The molecule has 3 aromatic carbocycles. The second-order valence-electron chi connectivity index (χ2n) is 7.98. The van der Waals surface area contributed by atoms with E-state index >= 15 is 0 Å². The van der Waals surface area contributed by atoms with Crippen molar-refractivity contribution < 1.29 is 23.9 Å². The Bertz CT molecular complexity index is 1180. The summed E-state index contributed by atoms with van der Waals surface area (Å²) in [5, 5.41) is 3.17. The van der Waals surface area contributed by atoms with E-state index in [4.69, 9.17) is 21.1 Å². The zero-order valence-electron chi connectivity index (χ0n) is 18.5. The van der Waals surface area contributed by atoms with Crippen LogP contribution < -0.4 is 15.0 Å². The molecule has 34 heavy (non-hydrogen) atoms. The fraction of sp³-hybridized carbons (Fsp3) is 0.192. The van der Waals surface area contributed by atoms with Crippen molar-refractivity contribution >= 4 is 40.8 Å². The molecule has 3 aromatic rings. The molecule has 1 aliphatic heterocycles. The van der Waals surface area contributed by atoms with Crippen molar-refractivity contribution in [2.45, 2.75) is 13.3 Å². The number of hydrogen-bond acceptors (Lipinski definition) is 5. The van der Waals surface area contributed by atoms with Gasteiger partial charge in [-0.05, 0) is 67.6 Å². The summed E-state index contributed by atoms with van der Waals surface area (Å²) in [6.07, 6.45) is 0.0270. The Hall–Kier alpha value is -3.84. The predicted molar refractivity (Wildman–Crippen MR) is 129 cm³/mol. The molecule has 4 rings (SSSR count). The van der Waals surface area contributed by atoms with Crippen molar-refractivity contribution in [3.05, 3.63) is 83.4 Å². The van der Waals surface area contributed by atoms with Crippen LogP contribution in [0.3, 0.4) is 0 Å². The predicted octanol–water partition coefficient (Wildman–Crippen LogP) is 4.98. The van der Waals surface area contributed by atoms with E-state index in [1.165, 1.54) is 4.90 Å². The average molecular weight is 479 g/mol. The Balaban J connectivity index is 1.28. The van der Waals surface area contributed by atoms with Crippen molar-refractivity contribution in [2.75, 3.05) is 23.4 Å².